The van der Waals surface area contributed by atoms with E-state index in [1.165, 1.54) is 0 Å². The molecule has 0 amide bonds. The smallest absolute Gasteiger partial charge is 0.139 e. The van der Waals surface area contributed by atoms with Crippen LogP contribution >= 0.6 is 11.6 Å². The SMILES string of the molecule is Cc1nn(CCO)c(NCc2cccc(Cl)c2O)c1C. The monoisotopic (exact) mass is 295 g/mol. The number of nitrogens with one attached hydrogen (secondary N) is 1. The molecule has 0 saturated carbocycles. The Labute approximate surface area is 122 Å². The molecule has 0 spiro atoms. The lowest BCUT2D eigenvalue weighted by molar-refractivity contribution is 0.270. The zero-order valence-electron chi connectivity index (χ0n) is 11.5. The Morgan fingerprint density at radius 2 is 2.10 bits per heavy atom. The topological polar surface area (TPSA) is 70.3 Å². The quantitative estimate of drug-likeness (QED) is 0.792. The zero-order valence-corrected chi connectivity index (χ0v) is 12.3. The molecule has 0 aliphatic heterocycles. The molecule has 0 saturated heterocycles. The van der Waals surface area contributed by atoms with Crippen molar-refractivity contribution in [3.8, 4) is 5.75 Å². The molecule has 108 valence electrons. The number of aryl methyl sites for hydroxylation is 1. The molecular formula is C14H18ClN3O2. The van der Waals surface area contributed by atoms with E-state index in [2.05, 4.69) is 10.4 Å². The highest BCUT2D eigenvalue weighted by atomic mass is 35.5. The fourth-order valence-corrected chi connectivity index (χ4v) is 2.23. The number of para-hydroxylation sites is 1. The molecule has 0 fully saturated rings. The van der Waals surface area contributed by atoms with Gasteiger partial charge in [-0.1, -0.05) is 23.7 Å². The third-order valence-corrected chi connectivity index (χ3v) is 3.56. The first-order valence-corrected chi connectivity index (χ1v) is 6.77. The van der Waals surface area contributed by atoms with E-state index in [9.17, 15) is 5.11 Å². The maximum atomic E-state index is 9.89. The van der Waals surface area contributed by atoms with Crippen molar-refractivity contribution in [1.29, 1.82) is 0 Å². The number of rotatable bonds is 5. The molecule has 0 bridgehead atoms. The van der Waals surface area contributed by atoms with Crippen LogP contribution in [0, 0.1) is 13.8 Å². The van der Waals surface area contributed by atoms with Gasteiger partial charge in [0.25, 0.3) is 0 Å². The van der Waals surface area contributed by atoms with Crippen LogP contribution in [-0.4, -0.2) is 26.6 Å². The number of aromatic nitrogens is 2. The number of anilines is 1. The molecule has 1 heterocycles. The molecule has 0 radical (unpaired) electrons. The van der Waals surface area contributed by atoms with Crippen LogP contribution in [0.25, 0.3) is 0 Å². The van der Waals surface area contributed by atoms with Crippen molar-refractivity contribution >= 4 is 17.4 Å². The third kappa shape index (κ3) is 2.89. The Bertz CT molecular complexity index is 611. The summed E-state index contributed by atoms with van der Waals surface area (Å²) in [4.78, 5) is 0. The largest absolute Gasteiger partial charge is 0.506 e. The number of phenols is 1. The molecule has 2 aromatic rings. The molecule has 20 heavy (non-hydrogen) atoms. The van der Waals surface area contributed by atoms with Crippen LogP contribution in [0.1, 0.15) is 16.8 Å². The van der Waals surface area contributed by atoms with Crippen molar-refractivity contribution in [3.63, 3.8) is 0 Å². The number of benzene rings is 1. The highest BCUT2D eigenvalue weighted by Gasteiger charge is 2.12. The summed E-state index contributed by atoms with van der Waals surface area (Å²) in [6, 6.07) is 5.25. The molecule has 0 atom stereocenters. The predicted octanol–water partition coefficient (Wildman–Crippen LogP) is 2.46. The lowest BCUT2D eigenvalue weighted by atomic mass is 10.2. The van der Waals surface area contributed by atoms with Gasteiger partial charge in [-0.25, -0.2) is 4.68 Å². The average Bonchev–Trinajstić information content (AvgIpc) is 2.68. The fourth-order valence-electron chi connectivity index (χ4n) is 2.03. The van der Waals surface area contributed by atoms with Crippen molar-refractivity contribution in [2.24, 2.45) is 0 Å². The predicted molar refractivity (Wildman–Crippen MR) is 79.2 cm³/mol. The van der Waals surface area contributed by atoms with Crippen LogP contribution in [0.4, 0.5) is 5.82 Å². The third-order valence-electron chi connectivity index (χ3n) is 3.26. The molecule has 0 aliphatic rings. The second-order valence-corrected chi connectivity index (χ2v) is 5.01. The highest BCUT2D eigenvalue weighted by Crippen LogP contribution is 2.28. The first kappa shape index (κ1) is 14.7. The van der Waals surface area contributed by atoms with E-state index in [0.29, 0.717) is 23.7 Å². The van der Waals surface area contributed by atoms with E-state index in [1.807, 2.05) is 19.9 Å². The Kier molecular flexibility index (Phi) is 4.52. The Morgan fingerprint density at radius 3 is 2.80 bits per heavy atom. The van der Waals surface area contributed by atoms with E-state index in [0.717, 1.165) is 17.1 Å². The van der Waals surface area contributed by atoms with Crippen molar-refractivity contribution in [2.75, 3.05) is 11.9 Å². The normalized spacial score (nSPS) is 10.8. The average molecular weight is 296 g/mol. The minimum atomic E-state index is 0.0255. The fraction of sp³-hybridized carbons (Fsp3) is 0.357. The van der Waals surface area contributed by atoms with Gasteiger partial charge in [0.2, 0.25) is 0 Å². The molecule has 5 nitrogen and oxygen atoms in total. The summed E-state index contributed by atoms with van der Waals surface area (Å²) in [7, 11) is 0. The van der Waals surface area contributed by atoms with Crippen molar-refractivity contribution in [1.82, 2.24) is 9.78 Å². The van der Waals surface area contributed by atoms with Gasteiger partial charge in [0, 0.05) is 17.7 Å². The molecule has 3 N–H and O–H groups in total. The standard InChI is InChI=1S/C14H18ClN3O2/c1-9-10(2)17-18(6-7-19)14(9)16-8-11-4-3-5-12(15)13(11)20/h3-5,16,19-20H,6-8H2,1-2H3. The summed E-state index contributed by atoms with van der Waals surface area (Å²) in [6.07, 6.45) is 0. The molecule has 6 heteroatoms. The summed E-state index contributed by atoms with van der Waals surface area (Å²) < 4.78 is 1.73. The number of phenolic OH excluding ortho intramolecular Hbond substituents is 1. The van der Waals surface area contributed by atoms with Gasteiger partial charge < -0.3 is 15.5 Å². The van der Waals surface area contributed by atoms with Gasteiger partial charge in [-0.05, 0) is 19.9 Å². The highest BCUT2D eigenvalue weighted by molar-refractivity contribution is 6.32. The van der Waals surface area contributed by atoms with E-state index in [4.69, 9.17) is 16.7 Å². The minimum absolute atomic E-state index is 0.0255. The summed E-state index contributed by atoms with van der Waals surface area (Å²) >= 11 is 5.88. The van der Waals surface area contributed by atoms with Gasteiger partial charge in [0.1, 0.15) is 11.6 Å². The molecule has 0 aliphatic carbocycles. The summed E-state index contributed by atoms with van der Waals surface area (Å²) in [5.74, 6) is 0.931. The molecule has 2 rings (SSSR count). The summed E-state index contributed by atoms with van der Waals surface area (Å²) in [6.45, 7) is 4.78. The van der Waals surface area contributed by atoms with E-state index >= 15 is 0 Å². The molecule has 0 unspecified atom stereocenters. The van der Waals surface area contributed by atoms with E-state index in [-0.39, 0.29) is 12.4 Å². The second-order valence-electron chi connectivity index (χ2n) is 4.61. The van der Waals surface area contributed by atoms with Crippen molar-refractivity contribution < 1.29 is 10.2 Å². The summed E-state index contributed by atoms with van der Waals surface area (Å²) in [5.41, 5.74) is 2.66. The molecule has 1 aromatic heterocycles. The van der Waals surface area contributed by atoms with Crippen LogP contribution in [0.3, 0.4) is 0 Å². The number of nitrogens with zero attached hydrogens (tertiary/aromatic N) is 2. The lowest BCUT2D eigenvalue weighted by Gasteiger charge is -2.11. The van der Waals surface area contributed by atoms with Gasteiger partial charge in [0.15, 0.2) is 0 Å². The lowest BCUT2D eigenvalue weighted by Crippen LogP contribution is -2.11. The minimum Gasteiger partial charge on any atom is -0.506 e. The van der Waals surface area contributed by atoms with Crippen LogP contribution in [0.5, 0.6) is 5.75 Å². The van der Waals surface area contributed by atoms with Gasteiger partial charge >= 0.3 is 0 Å². The second kappa shape index (κ2) is 6.15. The Hall–Kier alpha value is -1.72. The molecular weight excluding hydrogens is 278 g/mol. The van der Waals surface area contributed by atoms with Crippen LogP contribution in [0.2, 0.25) is 5.02 Å². The maximum absolute atomic E-state index is 9.89. The Morgan fingerprint density at radius 1 is 1.35 bits per heavy atom. The number of halogens is 1. The number of aromatic hydroxyl groups is 1. The first-order valence-electron chi connectivity index (χ1n) is 6.39. The van der Waals surface area contributed by atoms with Gasteiger partial charge in [-0.3, -0.25) is 0 Å². The summed E-state index contributed by atoms with van der Waals surface area (Å²) in [5, 5.41) is 26.9. The van der Waals surface area contributed by atoms with Crippen molar-refractivity contribution in [3.05, 3.63) is 40.0 Å². The zero-order chi connectivity index (χ0) is 14.7. The number of aliphatic hydroxyl groups excluding tert-OH is 1. The van der Waals surface area contributed by atoms with Crippen LogP contribution in [0.15, 0.2) is 18.2 Å². The number of hydrogen-bond acceptors (Lipinski definition) is 4. The first-order chi connectivity index (χ1) is 9.54. The van der Waals surface area contributed by atoms with Crippen LogP contribution in [-0.2, 0) is 13.1 Å². The van der Waals surface area contributed by atoms with E-state index < -0.39 is 0 Å². The number of aliphatic hydroxyl groups is 1. The van der Waals surface area contributed by atoms with Gasteiger partial charge in [-0.15, -0.1) is 0 Å². The van der Waals surface area contributed by atoms with Crippen LogP contribution < -0.4 is 5.32 Å². The van der Waals surface area contributed by atoms with Crippen molar-refractivity contribution in [2.45, 2.75) is 26.9 Å². The Balaban J connectivity index is 2.20. The van der Waals surface area contributed by atoms with E-state index in [1.54, 1.807) is 16.8 Å². The van der Waals surface area contributed by atoms with Gasteiger partial charge in [-0.2, -0.15) is 5.10 Å². The number of hydrogen-bond donors (Lipinski definition) is 3. The van der Waals surface area contributed by atoms with Gasteiger partial charge in [0.05, 0.1) is 23.9 Å². The molecule has 1 aromatic carbocycles. The maximum Gasteiger partial charge on any atom is 0.139 e.